The Balaban J connectivity index is 2.30. The molecule has 2 aromatic carbocycles. The SMILES string of the molecule is Oc1ccc(Cc2c(O)cccc2O)cc1. The second-order valence-electron chi connectivity index (χ2n) is 3.62. The van der Waals surface area contributed by atoms with Crippen molar-refractivity contribution in [3.63, 3.8) is 0 Å². The largest absolute Gasteiger partial charge is 0.508 e. The summed E-state index contributed by atoms with van der Waals surface area (Å²) in [6.07, 6.45) is 0.429. The summed E-state index contributed by atoms with van der Waals surface area (Å²) >= 11 is 0. The van der Waals surface area contributed by atoms with Crippen molar-refractivity contribution < 1.29 is 15.3 Å². The standard InChI is InChI=1S/C13H12O3/c14-10-6-4-9(5-7-10)8-11-12(15)2-1-3-13(11)16/h1-7,14-16H,8H2. The van der Waals surface area contributed by atoms with E-state index in [1.54, 1.807) is 30.3 Å². The van der Waals surface area contributed by atoms with Crippen LogP contribution in [0.25, 0.3) is 0 Å². The molecule has 0 fully saturated rings. The third-order valence-electron chi connectivity index (χ3n) is 2.44. The van der Waals surface area contributed by atoms with E-state index in [2.05, 4.69) is 0 Å². The van der Waals surface area contributed by atoms with Gasteiger partial charge in [0.15, 0.2) is 0 Å². The fourth-order valence-corrected chi connectivity index (χ4v) is 1.56. The summed E-state index contributed by atoms with van der Waals surface area (Å²) in [5, 5.41) is 28.3. The molecule has 2 aromatic rings. The molecule has 0 saturated heterocycles. The third kappa shape index (κ3) is 2.08. The average molecular weight is 216 g/mol. The minimum absolute atomic E-state index is 0.0769. The van der Waals surface area contributed by atoms with Crippen molar-refractivity contribution in [2.45, 2.75) is 6.42 Å². The molecule has 0 radical (unpaired) electrons. The first-order chi connectivity index (χ1) is 7.66. The first-order valence-corrected chi connectivity index (χ1v) is 4.94. The molecular weight excluding hydrogens is 204 g/mol. The fourth-order valence-electron chi connectivity index (χ4n) is 1.56. The van der Waals surface area contributed by atoms with Crippen LogP contribution in [0.1, 0.15) is 11.1 Å². The van der Waals surface area contributed by atoms with Crippen molar-refractivity contribution in [2.75, 3.05) is 0 Å². The molecular formula is C13H12O3. The average Bonchev–Trinajstić information content (AvgIpc) is 2.26. The van der Waals surface area contributed by atoms with E-state index in [4.69, 9.17) is 5.11 Å². The van der Waals surface area contributed by atoms with Gasteiger partial charge in [-0.15, -0.1) is 0 Å². The molecule has 0 atom stereocenters. The van der Waals surface area contributed by atoms with Gasteiger partial charge in [-0.1, -0.05) is 18.2 Å². The second kappa shape index (κ2) is 4.14. The zero-order valence-electron chi connectivity index (χ0n) is 8.59. The van der Waals surface area contributed by atoms with E-state index in [1.165, 1.54) is 12.1 Å². The number of hydrogen-bond donors (Lipinski definition) is 3. The van der Waals surface area contributed by atoms with Crippen molar-refractivity contribution in [3.8, 4) is 17.2 Å². The monoisotopic (exact) mass is 216 g/mol. The van der Waals surface area contributed by atoms with Gasteiger partial charge in [0.1, 0.15) is 17.2 Å². The van der Waals surface area contributed by atoms with E-state index in [9.17, 15) is 10.2 Å². The lowest BCUT2D eigenvalue weighted by Gasteiger charge is -2.07. The van der Waals surface area contributed by atoms with Crippen LogP contribution in [0.4, 0.5) is 0 Å². The number of phenols is 3. The lowest BCUT2D eigenvalue weighted by atomic mass is 10.0. The van der Waals surface area contributed by atoms with Gasteiger partial charge >= 0.3 is 0 Å². The summed E-state index contributed by atoms with van der Waals surface area (Å²) in [5.74, 6) is 0.353. The van der Waals surface area contributed by atoms with E-state index in [0.717, 1.165) is 5.56 Å². The number of hydrogen-bond acceptors (Lipinski definition) is 3. The number of aromatic hydroxyl groups is 3. The molecule has 0 spiro atoms. The molecule has 3 heteroatoms. The fraction of sp³-hybridized carbons (Fsp3) is 0.0769. The molecule has 3 nitrogen and oxygen atoms in total. The quantitative estimate of drug-likeness (QED) is 0.722. The molecule has 0 saturated carbocycles. The van der Waals surface area contributed by atoms with Crippen molar-refractivity contribution in [1.29, 1.82) is 0 Å². The van der Waals surface area contributed by atoms with Gasteiger partial charge in [-0.2, -0.15) is 0 Å². The molecule has 0 aromatic heterocycles. The molecule has 2 rings (SSSR count). The Morgan fingerprint density at radius 1 is 0.750 bits per heavy atom. The first-order valence-electron chi connectivity index (χ1n) is 4.94. The Morgan fingerprint density at radius 2 is 1.31 bits per heavy atom. The third-order valence-corrected chi connectivity index (χ3v) is 2.44. The van der Waals surface area contributed by atoms with E-state index in [0.29, 0.717) is 12.0 Å². The maximum atomic E-state index is 9.60. The lowest BCUT2D eigenvalue weighted by Crippen LogP contribution is -1.89. The Kier molecular flexibility index (Phi) is 2.68. The van der Waals surface area contributed by atoms with Gasteiger partial charge < -0.3 is 15.3 Å². The van der Waals surface area contributed by atoms with Crippen LogP contribution in [-0.2, 0) is 6.42 Å². The maximum Gasteiger partial charge on any atom is 0.122 e. The summed E-state index contributed by atoms with van der Waals surface area (Å²) in [4.78, 5) is 0. The maximum absolute atomic E-state index is 9.60. The van der Waals surface area contributed by atoms with Crippen LogP contribution in [0.5, 0.6) is 17.2 Å². The highest BCUT2D eigenvalue weighted by Gasteiger charge is 2.07. The van der Waals surface area contributed by atoms with Gasteiger partial charge in [-0.25, -0.2) is 0 Å². The second-order valence-corrected chi connectivity index (χ2v) is 3.62. The Bertz CT molecular complexity index is 469. The van der Waals surface area contributed by atoms with Gasteiger partial charge in [0.05, 0.1) is 0 Å². The van der Waals surface area contributed by atoms with Crippen LogP contribution >= 0.6 is 0 Å². The van der Waals surface area contributed by atoms with E-state index < -0.39 is 0 Å². The molecule has 0 aliphatic carbocycles. The molecule has 3 N–H and O–H groups in total. The number of phenolic OH excluding ortho intramolecular Hbond substituents is 3. The normalized spacial score (nSPS) is 10.2. The van der Waals surface area contributed by atoms with Crippen LogP contribution in [0.15, 0.2) is 42.5 Å². The van der Waals surface area contributed by atoms with Crippen molar-refractivity contribution in [2.24, 2.45) is 0 Å². The van der Waals surface area contributed by atoms with Crippen molar-refractivity contribution >= 4 is 0 Å². The molecule has 0 unspecified atom stereocenters. The van der Waals surface area contributed by atoms with Crippen LogP contribution in [0, 0.1) is 0 Å². The van der Waals surface area contributed by atoms with Crippen LogP contribution < -0.4 is 0 Å². The highest BCUT2D eigenvalue weighted by Crippen LogP contribution is 2.28. The van der Waals surface area contributed by atoms with Gasteiger partial charge in [-0.05, 0) is 29.8 Å². The van der Waals surface area contributed by atoms with E-state index in [1.807, 2.05) is 0 Å². The van der Waals surface area contributed by atoms with Crippen molar-refractivity contribution in [3.05, 3.63) is 53.6 Å². The number of benzene rings is 2. The predicted molar refractivity (Wildman–Crippen MR) is 60.7 cm³/mol. The molecule has 82 valence electrons. The Labute approximate surface area is 93.2 Å². The summed E-state index contributed by atoms with van der Waals surface area (Å²) in [6.45, 7) is 0. The minimum atomic E-state index is 0.0769. The molecule has 0 heterocycles. The summed E-state index contributed by atoms with van der Waals surface area (Å²) in [6, 6.07) is 11.3. The molecule has 0 bridgehead atoms. The zero-order valence-corrected chi connectivity index (χ0v) is 8.59. The molecule has 0 aliphatic rings. The Morgan fingerprint density at radius 3 is 1.88 bits per heavy atom. The Hall–Kier alpha value is -2.16. The van der Waals surface area contributed by atoms with Gasteiger partial charge in [0, 0.05) is 12.0 Å². The first kappa shape index (κ1) is 10.4. The highest BCUT2D eigenvalue weighted by atomic mass is 16.3. The van der Waals surface area contributed by atoms with Crippen LogP contribution in [0.2, 0.25) is 0 Å². The van der Waals surface area contributed by atoms with E-state index in [-0.39, 0.29) is 17.2 Å². The van der Waals surface area contributed by atoms with Gasteiger partial charge in [0.25, 0.3) is 0 Å². The lowest BCUT2D eigenvalue weighted by molar-refractivity contribution is 0.440. The molecule has 0 aliphatic heterocycles. The highest BCUT2D eigenvalue weighted by molar-refractivity contribution is 5.46. The van der Waals surface area contributed by atoms with Crippen LogP contribution in [-0.4, -0.2) is 15.3 Å². The zero-order chi connectivity index (χ0) is 11.5. The topological polar surface area (TPSA) is 60.7 Å². The van der Waals surface area contributed by atoms with E-state index >= 15 is 0 Å². The van der Waals surface area contributed by atoms with Gasteiger partial charge in [-0.3, -0.25) is 0 Å². The summed E-state index contributed by atoms with van der Waals surface area (Å²) in [7, 11) is 0. The van der Waals surface area contributed by atoms with Gasteiger partial charge in [0.2, 0.25) is 0 Å². The molecule has 0 amide bonds. The van der Waals surface area contributed by atoms with Crippen molar-refractivity contribution in [1.82, 2.24) is 0 Å². The predicted octanol–water partition coefficient (Wildman–Crippen LogP) is 2.39. The smallest absolute Gasteiger partial charge is 0.122 e. The molecule has 16 heavy (non-hydrogen) atoms. The number of rotatable bonds is 2. The van der Waals surface area contributed by atoms with Crippen LogP contribution in [0.3, 0.4) is 0 Å². The summed E-state index contributed by atoms with van der Waals surface area (Å²) in [5.41, 5.74) is 1.41. The summed E-state index contributed by atoms with van der Waals surface area (Å²) < 4.78 is 0. The minimum Gasteiger partial charge on any atom is -0.508 e.